The summed E-state index contributed by atoms with van der Waals surface area (Å²) >= 11 is 0. The van der Waals surface area contributed by atoms with E-state index >= 15 is 0 Å². The molecular formula is C11H21N3O4. The Hall–Kier alpha value is -1.79. The lowest BCUT2D eigenvalue weighted by Gasteiger charge is -2.23. The van der Waals surface area contributed by atoms with E-state index in [1.54, 1.807) is 27.7 Å². The number of amides is 3. The number of rotatable bonds is 6. The van der Waals surface area contributed by atoms with Crippen LogP contribution in [-0.4, -0.2) is 35.6 Å². The molecule has 0 aliphatic rings. The van der Waals surface area contributed by atoms with E-state index in [4.69, 9.17) is 10.8 Å². The lowest BCUT2D eigenvalue weighted by atomic mass is 9.93. The van der Waals surface area contributed by atoms with E-state index in [0.29, 0.717) is 0 Å². The standard InChI is InChI=1S/C11H21N3O4/c1-6(2)7(8(15)16)14-10(18)13-5-11(3,4)9(12)17/h6-7H,5H2,1-4H3,(H2,12,17)(H,15,16)(H2,13,14,18)/t7-/m1/s1. The second-order valence-electron chi connectivity index (χ2n) is 5.14. The third kappa shape index (κ3) is 5.03. The van der Waals surface area contributed by atoms with Crippen LogP contribution in [0.3, 0.4) is 0 Å². The minimum absolute atomic E-state index is 0.0403. The predicted molar refractivity (Wildman–Crippen MR) is 65.8 cm³/mol. The van der Waals surface area contributed by atoms with E-state index in [9.17, 15) is 14.4 Å². The molecule has 0 aromatic rings. The van der Waals surface area contributed by atoms with Crippen LogP contribution >= 0.6 is 0 Å². The average molecular weight is 259 g/mol. The van der Waals surface area contributed by atoms with Crippen molar-refractivity contribution in [3.05, 3.63) is 0 Å². The Balaban J connectivity index is 4.35. The molecule has 104 valence electrons. The summed E-state index contributed by atoms with van der Waals surface area (Å²) in [6.45, 7) is 6.59. The first-order valence-electron chi connectivity index (χ1n) is 5.65. The molecule has 0 rings (SSSR count). The molecule has 0 fully saturated rings. The molecular weight excluding hydrogens is 238 g/mol. The van der Waals surface area contributed by atoms with Gasteiger partial charge in [0, 0.05) is 6.54 Å². The minimum atomic E-state index is -1.10. The average Bonchev–Trinajstić information content (AvgIpc) is 2.22. The molecule has 0 unspecified atom stereocenters. The van der Waals surface area contributed by atoms with E-state index in [1.165, 1.54) is 0 Å². The fourth-order valence-electron chi connectivity index (χ4n) is 1.09. The number of carbonyl (C=O) groups excluding carboxylic acids is 2. The van der Waals surface area contributed by atoms with Crippen molar-refractivity contribution < 1.29 is 19.5 Å². The molecule has 0 aliphatic carbocycles. The summed E-state index contributed by atoms with van der Waals surface area (Å²) in [5.41, 5.74) is 4.27. The van der Waals surface area contributed by atoms with Gasteiger partial charge in [-0.15, -0.1) is 0 Å². The van der Waals surface area contributed by atoms with Gasteiger partial charge in [-0.2, -0.15) is 0 Å². The van der Waals surface area contributed by atoms with E-state index in [1.807, 2.05) is 0 Å². The van der Waals surface area contributed by atoms with E-state index in [0.717, 1.165) is 0 Å². The highest BCUT2D eigenvalue weighted by molar-refractivity contribution is 5.84. The van der Waals surface area contributed by atoms with Crippen LogP contribution in [0, 0.1) is 11.3 Å². The Bertz CT molecular complexity index is 339. The lowest BCUT2D eigenvalue weighted by Crippen LogP contribution is -2.51. The summed E-state index contributed by atoms with van der Waals surface area (Å²) in [5, 5.41) is 13.6. The Labute approximate surface area is 106 Å². The summed E-state index contributed by atoms with van der Waals surface area (Å²) in [5.74, 6) is -1.88. The molecule has 0 aromatic carbocycles. The predicted octanol–water partition coefficient (Wildman–Crippen LogP) is -0.0937. The van der Waals surface area contributed by atoms with Gasteiger partial charge in [0.1, 0.15) is 6.04 Å². The molecule has 0 spiro atoms. The number of aliphatic carboxylic acids is 1. The summed E-state index contributed by atoms with van der Waals surface area (Å²) in [6.07, 6.45) is 0. The van der Waals surface area contributed by atoms with Crippen LogP contribution in [0.2, 0.25) is 0 Å². The fourth-order valence-corrected chi connectivity index (χ4v) is 1.09. The number of hydrogen-bond donors (Lipinski definition) is 4. The minimum Gasteiger partial charge on any atom is -0.480 e. The van der Waals surface area contributed by atoms with Crippen LogP contribution in [0.4, 0.5) is 4.79 Å². The quantitative estimate of drug-likeness (QED) is 0.532. The van der Waals surface area contributed by atoms with Crippen LogP contribution in [0.25, 0.3) is 0 Å². The SMILES string of the molecule is CC(C)[C@@H](NC(=O)NCC(C)(C)C(N)=O)C(=O)O. The number of nitrogens with one attached hydrogen (secondary N) is 2. The molecule has 0 saturated heterocycles. The lowest BCUT2D eigenvalue weighted by molar-refractivity contribution is -0.140. The van der Waals surface area contributed by atoms with Crippen LogP contribution in [0.1, 0.15) is 27.7 Å². The molecule has 0 aliphatic heterocycles. The highest BCUT2D eigenvalue weighted by Crippen LogP contribution is 2.11. The molecule has 7 heteroatoms. The van der Waals surface area contributed by atoms with Crippen molar-refractivity contribution in [2.45, 2.75) is 33.7 Å². The second-order valence-corrected chi connectivity index (χ2v) is 5.14. The normalized spacial score (nSPS) is 12.9. The molecule has 7 nitrogen and oxygen atoms in total. The molecule has 0 radical (unpaired) electrons. The molecule has 0 aromatic heterocycles. The van der Waals surface area contributed by atoms with Crippen molar-refractivity contribution in [3.63, 3.8) is 0 Å². The Morgan fingerprint density at radius 1 is 1.28 bits per heavy atom. The summed E-state index contributed by atoms with van der Waals surface area (Å²) < 4.78 is 0. The number of urea groups is 1. The van der Waals surface area contributed by atoms with Crippen molar-refractivity contribution in [2.75, 3.05) is 6.54 Å². The zero-order valence-electron chi connectivity index (χ0n) is 11.1. The second kappa shape index (κ2) is 6.23. The highest BCUT2D eigenvalue weighted by Gasteiger charge is 2.27. The van der Waals surface area contributed by atoms with Gasteiger partial charge in [0.15, 0.2) is 0 Å². The summed E-state index contributed by atoms with van der Waals surface area (Å²) in [7, 11) is 0. The third-order valence-corrected chi connectivity index (χ3v) is 2.58. The largest absolute Gasteiger partial charge is 0.480 e. The third-order valence-electron chi connectivity index (χ3n) is 2.58. The highest BCUT2D eigenvalue weighted by atomic mass is 16.4. The Morgan fingerprint density at radius 3 is 2.11 bits per heavy atom. The van der Waals surface area contributed by atoms with Gasteiger partial charge in [-0.25, -0.2) is 9.59 Å². The van der Waals surface area contributed by atoms with Gasteiger partial charge in [0.05, 0.1) is 5.41 Å². The number of primary amides is 1. The Morgan fingerprint density at radius 2 is 1.78 bits per heavy atom. The van der Waals surface area contributed by atoms with E-state index in [2.05, 4.69) is 10.6 Å². The van der Waals surface area contributed by atoms with Crippen LogP contribution < -0.4 is 16.4 Å². The van der Waals surface area contributed by atoms with Gasteiger partial charge in [-0.3, -0.25) is 4.79 Å². The number of nitrogens with two attached hydrogens (primary N) is 1. The maximum absolute atomic E-state index is 11.5. The van der Waals surface area contributed by atoms with E-state index < -0.39 is 29.4 Å². The van der Waals surface area contributed by atoms with Crippen LogP contribution in [0.15, 0.2) is 0 Å². The number of carboxylic acid groups (broad SMARTS) is 1. The van der Waals surface area contributed by atoms with Crippen molar-refractivity contribution >= 4 is 17.9 Å². The monoisotopic (exact) mass is 259 g/mol. The molecule has 0 heterocycles. The van der Waals surface area contributed by atoms with Crippen LogP contribution in [-0.2, 0) is 9.59 Å². The molecule has 18 heavy (non-hydrogen) atoms. The summed E-state index contributed by atoms with van der Waals surface area (Å²) in [6, 6.07) is -1.60. The first kappa shape index (κ1) is 16.2. The van der Waals surface area contributed by atoms with E-state index in [-0.39, 0.29) is 12.5 Å². The molecule has 1 atom stereocenters. The maximum Gasteiger partial charge on any atom is 0.326 e. The maximum atomic E-state index is 11.5. The number of carboxylic acids is 1. The van der Waals surface area contributed by atoms with Gasteiger partial charge in [0.2, 0.25) is 5.91 Å². The van der Waals surface area contributed by atoms with Gasteiger partial charge < -0.3 is 21.5 Å². The molecule has 0 saturated carbocycles. The molecule has 3 amide bonds. The van der Waals surface area contributed by atoms with Gasteiger partial charge in [-0.05, 0) is 19.8 Å². The Kier molecular flexibility index (Phi) is 5.61. The van der Waals surface area contributed by atoms with Crippen molar-refractivity contribution in [3.8, 4) is 0 Å². The zero-order valence-corrected chi connectivity index (χ0v) is 11.1. The number of carbonyl (C=O) groups is 3. The first-order valence-corrected chi connectivity index (χ1v) is 5.65. The van der Waals surface area contributed by atoms with Crippen molar-refractivity contribution in [1.82, 2.24) is 10.6 Å². The fraction of sp³-hybridized carbons (Fsp3) is 0.727. The topological polar surface area (TPSA) is 122 Å². The smallest absolute Gasteiger partial charge is 0.326 e. The molecule has 0 bridgehead atoms. The molecule has 5 N–H and O–H groups in total. The number of hydrogen-bond acceptors (Lipinski definition) is 3. The first-order chi connectivity index (χ1) is 8.08. The van der Waals surface area contributed by atoms with Gasteiger partial charge >= 0.3 is 12.0 Å². The van der Waals surface area contributed by atoms with Crippen LogP contribution in [0.5, 0.6) is 0 Å². The van der Waals surface area contributed by atoms with Crippen molar-refractivity contribution in [1.29, 1.82) is 0 Å². The zero-order chi connectivity index (χ0) is 14.5. The van der Waals surface area contributed by atoms with Gasteiger partial charge in [0.25, 0.3) is 0 Å². The summed E-state index contributed by atoms with van der Waals surface area (Å²) in [4.78, 5) is 33.4. The van der Waals surface area contributed by atoms with Crippen molar-refractivity contribution in [2.24, 2.45) is 17.1 Å². The van der Waals surface area contributed by atoms with Gasteiger partial charge in [-0.1, -0.05) is 13.8 Å².